The van der Waals surface area contributed by atoms with E-state index in [4.69, 9.17) is 5.11 Å². The van der Waals surface area contributed by atoms with Crippen molar-refractivity contribution in [3.63, 3.8) is 0 Å². The highest BCUT2D eigenvalue weighted by Gasteiger charge is 2.54. The van der Waals surface area contributed by atoms with Gasteiger partial charge in [0, 0.05) is 10.3 Å². The largest absolute Gasteiger partial charge is 0.479 e. The molecule has 2 N–H and O–H groups in total. The van der Waals surface area contributed by atoms with Gasteiger partial charge >= 0.3 is 5.97 Å². The molecule has 0 radical (unpaired) electrons. The van der Waals surface area contributed by atoms with Gasteiger partial charge in [-0.1, -0.05) is 0 Å². The van der Waals surface area contributed by atoms with E-state index in [1.54, 1.807) is 11.3 Å². The summed E-state index contributed by atoms with van der Waals surface area (Å²) in [5.41, 5.74) is 0.652. The first-order valence-corrected chi connectivity index (χ1v) is 5.41. The molecule has 2 rings (SSSR count). The predicted molar refractivity (Wildman–Crippen MR) is 53.6 cm³/mol. The standard InChI is InChI=1S/C10H12O3S/c1-6-4-7(14-5-6)10(2-3-10)8(11)9(12)13/h4-5,8,11H,2-3H2,1H3,(H,12,13). The molecule has 76 valence electrons. The maximum absolute atomic E-state index is 10.7. The number of hydrogen-bond donors (Lipinski definition) is 2. The molecule has 1 aromatic heterocycles. The molecule has 1 aromatic rings. The van der Waals surface area contributed by atoms with Crippen molar-refractivity contribution < 1.29 is 15.0 Å². The van der Waals surface area contributed by atoms with Crippen LogP contribution < -0.4 is 0 Å². The van der Waals surface area contributed by atoms with Gasteiger partial charge in [-0.25, -0.2) is 4.79 Å². The Morgan fingerprint density at radius 3 is 2.64 bits per heavy atom. The van der Waals surface area contributed by atoms with E-state index < -0.39 is 17.5 Å². The fourth-order valence-electron chi connectivity index (χ4n) is 1.72. The van der Waals surface area contributed by atoms with Crippen LogP contribution in [-0.4, -0.2) is 22.3 Å². The number of hydrogen-bond acceptors (Lipinski definition) is 3. The Hall–Kier alpha value is -0.870. The number of carbonyl (C=O) groups is 1. The van der Waals surface area contributed by atoms with Crippen LogP contribution >= 0.6 is 11.3 Å². The first kappa shape index (κ1) is 9.68. The number of thiophene rings is 1. The average Bonchev–Trinajstić information content (AvgIpc) is 2.83. The number of carboxylic acid groups (broad SMARTS) is 1. The van der Waals surface area contributed by atoms with Gasteiger partial charge in [0.2, 0.25) is 0 Å². The maximum Gasteiger partial charge on any atom is 0.333 e. The first-order valence-electron chi connectivity index (χ1n) is 4.53. The number of aliphatic carboxylic acids is 1. The third-order valence-corrected chi connectivity index (χ3v) is 4.04. The zero-order valence-electron chi connectivity index (χ0n) is 7.86. The second-order valence-electron chi connectivity index (χ2n) is 3.89. The predicted octanol–water partition coefficient (Wildman–Crippen LogP) is 1.53. The Kier molecular flexibility index (Phi) is 2.12. The van der Waals surface area contributed by atoms with Gasteiger partial charge in [0.05, 0.1) is 0 Å². The van der Waals surface area contributed by atoms with Crippen LogP contribution in [0.1, 0.15) is 23.3 Å². The molecule has 0 aromatic carbocycles. The summed E-state index contributed by atoms with van der Waals surface area (Å²) < 4.78 is 0. The minimum atomic E-state index is -1.25. The number of aliphatic hydroxyl groups is 1. The van der Waals surface area contributed by atoms with Gasteiger partial charge in [-0.2, -0.15) is 0 Å². The van der Waals surface area contributed by atoms with Crippen LogP contribution in [0.2, 0.25) is 0 Å². The van der Waals surface area contributed by atoms with Gasteiger partial charge in [0.15, 0.2) is 6.10 Å². The lowest BCUT2D eigenvalue weighted by Gasteiger charge is -2.16. The van der Waals surface area contributed by atoms with E-state index in [1.165, 1.54) is 0 Å². The van der Waals surface area contributed by atoms with Crippen LogP contribution in [0.3, 0.4) is 0 Å². The van der Waals surface area contributed by atoms with E-state index >= 15 is 0 Å². The van der Waals surface area contributed by atoms with Crippen molar-refractivity contribution in [3.8, 4) is 0 Å². The van der Waals surface area contributed by atoms with Crippen molar-refractivity contribution >= 4 is 17.3 Å². The second kappa shape index (κ2) is 3.07. The van der Waals surface area contributed by atoms with Crippen molar-refractivity contribution in [3.05, 3.63) is 21.9 Å². The van der Waals surface area contributed by atoms with Crippen molar-refractivity contribution in [2.75, 3.05) is 0 Å². The van der Waals surface area contributed by atoms with Crippen LogP contribution in [0.15, 0.2) is 11.4 Å². The Balaban J connectivity index is 2.29. The van der Waals surface area contributed by atoms with E-state index in [1.807, 2.05) is 18.4 Å². The van der Waals surface area contributed by atoms with Crippen LogP contribution in [0.4, 0.5) is 0 Å². The molecular formula is C10H12O3S. The Labute approximate surface area is 86.0 Å². The van der Waals surface area contributed by atoms with Crippen LogP contribution in [0, 0.1) is 6.92 Å². The topological polar surface area (TPSA) is 57.5 Å². The number of aliphatic hydroxyl groups excluding tert-OH is 1. The summed E-state index contributed by atoms with van der Waals surface area (Å²) in [4.78, 5) is 11.7. The molecule has 0 saturated heterocycles. The first-order chi connectivity index (χ1) is 6.56. The van der Waals surface area contributed by atoms with E-state index in [0.717, 1.165) is 23.3 Å². The summed E-state index contributed by atoms with van der Waals surface area (Å²) in [6, 6.07) is 1.98. The molecule has 14 heavy (non-hydrogen) atoms. The smallest absolute Gasteiger partial charge is 0.333 e. The summed E-state index contributed by atoms with van der Waals surface area (Å²) in [7, 11) is 0. The van der Waals surface area contributed by atoms with Crippen LogP contribution in [-0.2, 0) is 10.2 Å². The highest BCUT2D eigenvalue weighted by atomic mass is 32.1. The van der Waals surface area contributed by atoms with Crippen molar-refractivity contribution in [2.45, 2.75) is 31.3 Å². The fourth-order valence-corrected chi connectivity index (χ4v) is 2.90. The third kappa shape index (κ3) is 1.35. The molecule has 0 bridgehead atoms. The normalized spacial score (nSPS) is 20.4. The molecule has 1 aliphatic rings. The molecular weight excluding hydrogens is 200 g/mol. The van der Waals surface area contributed by atoms with Gasteiger partial charge in [0.1, 0.15) is 0 Å². The summed E-state index contributed by atoms with van der Waals surface area (Å²) >= 11 is 1.54. The molecule has 1 unspecified atom stereocenters. The summed E-state index contributed by atoms with van der Waals surface area (Å²) in [5.74, 6) is -1.12. The second-order valence-corrected chi connectivity index (χ2v) is 4.80. The monoisotopic (exact) mass is 212 g/mol. The molecule has 3 nitrogen and oxygen atoms in total. The molecule has 1 atom stereocenters. The fraction of sp³-hybridized carbons (Fsp3) is 0.500. The summed E-state index contributed by atoms with van der Waals surface area (Å²) in [5, 5.41) is 20.4. The van der Waals surface area contributed by atoms with Crippen molar-refractivity contribution in [1.29, 1.82) is 0 Å². The molecule has 0 amide bonds. The van der Waals surface area contributed by atoms with Crippen molar-refractivity contribution in [1.82, 2.24) is 0 Å². The number of carboxylic acids is 1. The SMILES string of the molecule is Cc1csc(C2(C(O)C(=O)O)CC2)c1. The molecule has 1 heterocycles. The molecule has 0 aliphatic heterocycles. The molecule has 1 saturated carbocycles. The summed E-state index contributed by atoms with van der Waals surface area (Å²) in [6.45, 7) is 1.98. The lowest BCUT2D eigenvalue weighted by molar-refractivity contribution is -0.148. The highest BCUT2D eigenvalue weighted by Crippen LogP contribution is 2.53. The lowest BCUT2D eigenvalue weighted by Crippen LogP contribution is -2.33. The van der Waals surface area contributed by atoms with E-state index in [9.17, 15) is 9.90 Å². The quantitative estimate of drug-likeness (QED) is 0.799. The molecule has 0 spiro atoms. The lowest BCUT2D eigenvalue weighted by atomic mass is 9.97. The van der Waals surface area contributed by atoms with Gasteiger partial charge in [-0.05, 0) is 36.8 Å². The van der Waals surface area contributed by atoms with Crippen LogP contribution in [0.5, 0.6) is 0 Å². The number of rotatable bonds is 3. The van der Waals surface area contributed by atoms with Gasteiger partial charge < -0.3 is 10.2 Å². The van der Waals surface area contributed by atoms with E-state index in [2.05, 4.69) is 0 Å². The number of aryl methyl sites for hydroxylation is 1. The minimum Gasteiger partial charge on any atom is -0.479 e. The van der Waals surface area contributed by atoms with E-state index in [0.29, 0.717) is 0 Å². The van der Waals surface area contributed by atoms with Gasteiger partial charge in [-0.3, -0.25) is 0 Å². The Morgan fingerprint density at radius 2 is 2.29 bits per heavy atom. The molecule has 1 fully saturated rings. The molecule has 1 aliphatic carbocycles. The highest BCUT2D eigenvalue weighted by molar-refractivity contribution is 7.10. The maximum atomic E-state index is 10.7. The Morgan fingerprint density at radius 1 is 1.64 bits per heavy atom. The average molecular weight is 212 g/mol. The van der Waals surface area contributed by atoms with E-state index in [-0.39, 0.29) is 0 Å². The molecule has 4 heteroatoms. The summed E-state index contributed by atoms with van der Waals surface area (Å²) in [6.07, 6.45) is 0.307. The van der Waals surface area contributed by atoms with Crippen molar-refractivity contribution in [2.24, 2.45) is 0 Å². The van der Waals surface area contributed by atoms with Crippen LogP contribution in [0.25, 0.3) is 0 Å². The zero-order chi connectivity index (χ0) is 10.3. The Bertz CT molecular complexity index is 365. The minimum absolute atomic E-state index is 0.481. The zero-order valence-corrected chi connectivity index (χ0v) is 8.67. The van der Waals surface area contributed by atoms with Gasteiger partial charge in [-0.15, -0.1) is 11.3 Å². The van der Waals surface area contributed by atoms with Gasteiger partial charge in [0.25, 0.3) is 0 Å². The third-order valence-electron chi connectivity index (χ3n) is 2.77.